The number of unbranched alkanes of at least 4 members (excludes halogenated alkanes) is 18. The Morgan fingerprint density at radius 2 is 0.972 bits per heavy atom. The highest BCUT2D eigenvalue weighted by molar-refractivity contribution is 5.81. The average molecular weight is 512 g/mol. The van der Waals surface area contributed by atoms with Crippen LogP contribution in [0.25, 0.3) is 0 Å². The number of rotatable bonds is 30. The maximum atomic E-state index is 6.06. The fraction of sp³-hybridized carbons (Fsp3) is 0.969. The molecule has 0 radical (unpaired) electrons. The number of ether oxygens (including phenoxy) is 2. The van der Waals surface area contributed by atoms with Gasteiger partial charge in [0.25, 0.3) is 0 Å². The van der Waals surface area contributed by atoms with Crippen molar-refractivity contribution in [1.29, 1.82) is 0 Å². The van der Waals surface area contributed by atoms with Crippen molar-refractivity contribution in [3.05, 3.63) is 0 Å². The Hall–Kier alpha value is -0.610. The Morgan fingerprint density at radius 1 is 0.556 bits per heavy atom. The quantitative estimate of drug-likeness (QED) is 0.0547. The fourth-order valence-corrected chi connectivity index (χ4v) is 4.64. The first-order valence-electron chi connectivity index (χ1n) is 16.0. The van der Waals surface area contributed by atoms with Crippen molar-refractivity contribution in [2.45, 2.75) is 175 Å². The summed E-state index contributed by atoms with van der Waals surface area (Å²) in [5.74, 6) is 0. The Labute approximate surface area is 226 Å². The van der Waals surface area contributed by atoms with Gasteiger partial charge in [-0.2, -0.15) is 0 Å². The SMILES string of the molecule is CCCCCCCCCCCCC(CCCCCCCCCCCC)O/N=C(\C)CCOCCOC. The zero-order chi connectivity index (χ0) is 26.4. The van der Waals surface area contributed by atoms with E-state index in [9.17, 15) is 0 Å². The molecule has 0 fully saturated rings. The lowest BCUT2D eigenvalue weighted by Crippen LogP contribution is -2.12. The summed E-state index contributed by atoms with van der Waals surface area (Å²) in [6.07, 6.45) is 31.0. The Bertz CT molecular complexity index is 417. The molecule has 4 nitrogen and oxygen atoms in total. The lowest BCUT2D eigenvalue weighted by Gasteiger charge is -2.16. The average Bonchev–Trinajstić information content (AvgIpc) is 2.88. The van der Waals surface area contributed by atoms with Crippen molar-refractivity contribution in [2.75, 3.05) is 26.9 Å². The van der Waals surface area contributed by atoms with Gasteiger partial charge in [-0.1, -0.05) is 135 Å². The fourth-order valence-electron chi connectivity index (χ4n) is 4.64. The molecule has 0 rings (SSSR count). The van der Waals surface area contributed by atoms with E-state index < -0.39 is 0 Å². The number of hydrogen-bond donors (Lipinski definition) is 0. The van der Waals surface area contributed by atoms with E-state index in [4.69, 9.17) is 14.3 Å². The normalized spacial score (nSPS) is 12.1. The van der Waals surface area contributed by atoms with E-state index >= 15 is 0 Å². The van der Waals surface area contributed by atoms with Crippen LogP contribution in [0.1, 0.15) is 168 Å². The molecule has 0 unspecified atom stereocenters. The van der Waals surface area contributed by atoms with Crippen molar-refractivity contribution in [3.63, 3.8) is 0 Å². The van der Waals surface area contributed by atoms with Gasteiger partial charge in [-0.3, -0.25) is 0 Å². The number of methoxy groups -OCH3 is 1. The Morgan fingerprint density at radius 3 is 1.39 bits per heavy atom. The van der Waals surface area contributed by atoms with Gasteiger partial charge in [0.1, 0.15) is 6.10 Å². The van der Waals surface area contributed by atoms with Gasteiger partial charge in [0.15, 0.2) is 0 Å². The smallest absolute Gasteiger partial charge is 0.127 e. The molecular formula is C32H65NO3. The minimum Gasteiger partial charge on any atom is -0.393 e. The lowest BCUT2D eigenvalue weighted by atomic mass is 10.0. The lowest BCUT2D eigenvalue weighted by molar-refractivity contribution is 0.0413. The molecule has 0 aliphatic heterocycles. The van der Waals surface area contributed by atoms with Crippen LogP contribution >= 0.6 is 0 Å². The van der Waals surface area contributed by atoms with E-state index in [2.05, 4.69) is 25.9 Å². The highest BCUT2D eigenvalue weighted by Gasteiger charge is 2.10. The van der Waals surface area contributed by atoms with Crippen LogP contribution in [0.2, 0.25) is 0 Å². The van der Waals surface area contributed by atoms with E-state index in [0.29, 0.717) is 19.8 Å². The van der Waals surface area contributed by atoms with Crippen molar-refractivity contribution in [3.8, 4) is 0 Å². The topological polar surface area (TPSA) is 40.0 Å². The maximum absolute atomic E-state index is 6.06. The number of hydrogen-bond acceptors (Lipinski definition) is 4. The molecule has 0 amide bonds. The zero-order valence-electron chi connectivity index (χ0n) is 25.1. The molecule has 216 valence electrons. The van der Waals surface area contributed by atoms with Crippen molar-refractivity contribution >= 4 is 5.71 Å². The van der Waals surface area contributed by atoms with Gasteiger partial charge in [-0.25, -0.2) is 0 Å². The summed E-state index contributed by atoms with van der Waals surface area (Å²) in [5.41, 5.74) is 1.03. The van der Waals surface area contributed by atoms with E-state index in [1.54, 1.807) is 7.11 Å². The monoisotopic (exact) mass is 511 g/mol. The molecule has 4 heteroatoms. The minimum absolute atomic E-state index is 0.275. The van der Waals surface area contributed by atoms with Gasteiger partial charge in [-0.05, 0) is 32.6 Å². The summed E-state index contributed by atoms with van der Waals surface area (Å²) in [4.78, 5) is 6.06. The van der Waals surface area contributed by atoms with Crippen LogP contribution in [0.4, 0.5) is 0 Å². The van der Waals surface area contributed by atoms with Crippen LogP contribution < -0.4 is 0 Å². The second kappa shape index (κ2) is 30.6. The summed E-state index contributed by atoms with van der Waals surface area (Å²) in [6.45, 7) is 8.61. The maximum Gasteiger partial charge on any atom is 0.127 e. The predicted molar refractivity (Wildman–Crippen MR) is 158 cm³/mol. The highest BCUT2D eigenvalue weighted by atomic mass is 16.6. The molecular weight excluding hydrogens is 446 g/mol. The highest BCUT2D eigenvalue weighted by Crippen LogP contribution is 2.18. The molecule has 0 aromatic heterocycles. The predicted octanol–water partition coefficient (Wildman–Crippen LogP) is 10.4. The summed E-state index contributed by atoms with van der Waals surface area (Å²) in [6, 6.07) is 0. The molecule has 0 aromatic rings. The van der Waals surface area contributed by atoms with Crippen LogP contribution in [0.15, 0.2) is 5.16 Å². The molecule has 0 atom stereocenters. The van der Waals surface area contributed by atoms with Crippen molar-refractivity contribution in [2.24, 2.45) is 5.16 Å². The third-order valence-electron chi connectivity index (χ3n) is 7.16. The summed E-state index contributed by atoms with van der Waals surface area (Å²) >= 11 is 0. The van der Waals surface area contributed by atoms with Gasteiger partial charge in [0.05, 0.1) is 25.5 Å². The summed E-state index contributed by atoms with van der Waals surface area (Å²) in [7, 11) is 1.70. The summed E-state index contributed by atoms with van der Waals surface area (Å²) in [5, 5.41) is 4.48. The minimum atomic E-state index is 0.275. The second-order valence-electron chi connectivity index (χ2n) is 10.9. The van der Waals surface area contributed by atoms with Crippen LogP contribution in [0.5, 0.6) is 0 Å². The largest absolute Gasteiger partial charge is 0.393 e. The molecule has 0 aliphatic rings. The van der Waals surface area contributed by atoms with Crippen molar-refractivity contribution < 1.29 is 14.3 Å². The standard InChI is InChI=1S/C32H65NO3/c1-5-7-9-11-13-15-17-19-21-23-25-32(36-33-31(3)27-28-35-30-29-34-4)26-24-22-20-18-16-14-12-10-8-6-2/h32H,5-30H2,1-4H3/b33-31+. The van der Waals surface area contributed by atoms with Gasteiger partial charge in [0.2, 0.25) is 0 Å². The van der Waals surface area contributed by atoms with Crippen LogP contribution in [-0.4, -0.2) is 38.7 Å². The second-order valence-corrected chi connectivity index (χ2v) is 10.9. The van der Waals surface area contributed by atoms with Crippen molar-refractivity contribution in [1.82, 2.24) is 0 Å². The molecule has 0 saturated carbocycles. The van der Waals surface area contributed by atoms with E-state index in [0.717, 1.165) is 25.0 Å². The molecule has 36 heavy (non-hydrogen) atoms. The number of oxime groups is 1. The molecule has 0 N–H and O–H groups in total. The first-order chi connectivity index (χ1) is 17.7. The third kappa shape index (κ3) is 28.0. The van der Waals surface area contributed by atoms with Crippen LogP contribution in [0, 0.1) is 0 Å². The van der Waals surface area contributed by atoms with Gasteiger partial charge in [-0.15, -0.1) is 0 Å². The number of nitrogens with zero attached hydrogens (tertiary/aromatic N) is 1. The first-order valence-corrected chi connectivity index (χ1v) is 16.0. The zero-order valence-corrected chi connectivity index (χ0v) is 25.1. The van der Waals surface area contributed by atoms with Gasteiger partial charge in [0, 0.05) is 13.5 Å². The first kappa shape index (κ1) is 35.4. The third-order valence-corrected chi connectivity index (χ3v) is 7.16. The van der Waals surface area contributed by atoms with E-state index in [-0.39, 0.29) is 6.10 Å². The molecule has 0 heterocycles. The van der Waals surface area contributed by atoms with Gasteiger partial charge >= 0.3 is 0 Å². The molecule has 0 bridgehead atoms. The van der Waals surface area contributed by atoms with Gasteiger partial charge < -0.3 is 14.3 Å². The van der Waals surface area contributed by atoms with E-state index in [1.165, 1.54) is 128 Å². The Kier molecular flexibility index (Phi) is 30.1. The van der Waals surface area contributed by atoms with Crippen LogP contribution in [0.3, 0.4) is 0 Å². The molecule has 0 aromatic carbocycles. The Balaban J connectivity index is 4.08. The van der Waals surface area contributed by atoms with Crippen LogP contribution in [-0.2, 0) is 14.3 Å². The molecule has 0 aliphatic carbocycles. The van der Waals surface area contributed by atoms with E-state index in [1.807, 2.05) is 0 Å². The molecule has 0 spiro atoms. The summed E-state index contributed by atoms with van der Waals surface area (Å²) < 4.78 is 10.6. The molecule has 0 saturated heterocycles.